The summed E-state index contributed by atoms with van der Waals surface area (Å²) in [5.41, 5.74) is 1.07. The lowest BCUT2D eigenvalue weighted by molar-refractivity contribution is -0.157. The molecule has 1 saturated heterocycles. The number of nitrogens with zero attached hydrogens (tertiary/aromatic N) is 1. The fraction of sp³-hybridized carbons (Fsp3) is 0.385. The zero-order chi connectivity index (χ0) is 12.3. The number of benzene rings is 1. The molecular formula is C13H15NO3. The Labute approximate surface area is 100 Å². The first kappa shape index (κ1) is 11.6. The molecule has 17 heavy (non-hydrogen) atoms. The minimum Gasteiger partial charge on any atom is -0.465 e. The van der Waals surface area contributed by atoms with Gasteiger partial charge in [0.05, 0.1) is 19.1 Å². The van der Waals surface area contributed by atoms with Crippen LogP contribution >= 0.6 is 0 Å². The molecule has 0 aromatic heterocycles. The Balaban J connectivity index is 2.01. The number of carbonyl (C=O) groups excluding carboxylic acids is 2. The van der Waals surface area contributed by atoms with E-state index in [9.17, 15) is 9.59 Å². The number of hydrogen-bond acceptors (Lipinski definition) is 3. The Kier molecular flexibility index (Phi) is 3.42. The van der Waals surface area contributed by atoms with Crippen LogP contribution in [0.25, 0.3) is 0 Å². The highest BCUT2D eigenvalue weighted by molar-refractivity contribution is 5.87. The van der Waals surface area contributed by atoms with Crippen molar-refractivity contribution in [2.24, 2.45) is 0 Å². The molecule has 1 atom stereocenters. The standard InChI is InChI=1S/C13H15NO3/c1-2-17-13(16)9-14-11(8-12(14)15)10-6-4-3-5-7-10/h3-7,11H,2,8-9H2,1H3/t11-/m0/s1. The van der Waals surface area contributed by atoms with E-state index in [1.165, 1.54) is 0 Å². The summed E-state index contributed by atoms with van der Waals surface area (Å²) < 4.78 is 4.85. The highest BCUT2D eigenvalue weighted by atomic mass is 16.5. The topological polar surface area (TPSA) is 46.6 Å². The summed E-state index contributed by atoms with van der Waals surface area (Å²) >= 11 is 0. The van der Waals surface area contributed by atoms with Crippen LogP contribution in [-0.2, 0) is 14.3 Å². The number of β-lactam (4-membered cyclic amide) rings is 1. The normalized spacial score (nSPS) is 18.8. The first-order chi connectivity index (χ1) is 8.22. The second kappa shape index (κ2) is 4.99. The summed E-state index contributed by atoms with van der Waals surface area (Å²) in [6.45, 7) is 2.15. The van der Waals surface area contributed by atoms with Crippen molar-refractivity contribution in [3.63, 3.8) is 0 Å². The van der Waals surface area contributed by atoms with Gasteiger partial charge in [0, 0.05) is 0 Å². The Bertz CT molecular complexity index is 416. The van der Waals surface area contributed by atoms with Gasteiger partial charge in [0.1, 0.15) is 6.54 Å². The maximum atomic E-state index is 11.5. The molecule has 1 amide bonds. The molecular weight excluding hydrogens is 218 g/mol. The Morgan fingerprint density at radius 3 is 2.71 bits per heavy atom. The van der Waals surface area contributed by atoms with Gasteiger partial charge in [-0.2, -0.15) is 0 Å². The van der Waals surface area contributed by atoms with Crippen LogP contribution in [0.2, 0.25) is 0 Å². The van der Waals surface area contributed by atoms with Crippen LogP contribution < -0.4 is 0 Å². The molecule has 0 saturated carbocycles. The van der Waals surface area contributed by atoms with Gasteiger partial charge in [-0.25, -0.2) is 0 Å². The SMILES string of the molecule is CCOC(=O)CN1C(=O)C[C@H]1c1ccccc1. The predicted octanol–water partition coefficient (Wildman–Crippen LogP) is 1.52. The van der Waals surface area contributed by atoms with Crippen LogP contribution in [0.1, 0.15) is 24.9 Å². The molecule has 2 rings (SSSR count). The van der Waals surface area contributed by atoms with E-state index in [1.54, 1.807) is 11.8 Å². The first-order valence-corrected chi connectivity index (χ1v) is 5.72. The van der Waals surface area contributed by atoms with Crippen molar-refractivity contribution in [2.75, 3.05) is 13.2 Å². The van der Waals surface area contributed by atoms with Crippen LogP contribution in [0.4, 0.5) is 0 Å². The van der Waals surface area contributed by atoms with E-state index in [2.05, 4.69) is 0 Å². The largest absolute Gasteiger partial charge is 0.465 e. The third kappa shape index (κ3) is 2.46. The van der Waals surface area contributed by atoms with Crippen molar-refractivity contribution < 1.29 is 14.3 Å². The van der Waals surface area contributed by atoms with Crippen molar-refractivity contribution in [1.29, 1.82) is 0 Å². The molecule has 1 aromatic rings. The fourth-order valence-electron chi connectivity index (χ4n) is 1.97. The molecule has 1 aliphatic rings. The lowest BCUT2D eigenvalue weighted by Crippen LogP contribution is -2.49. The molecule has 1 aliphatic heterocycles. The lowest BCUT2D eigenvalue weighted by Gasteiger charge is -2.39. The minimum absolute atomic E-state index is 0.00639. The molecule has 0 unspecified atom stereocenters. The van der Waals surface area contributed by atoms with E-state index in [-0.39, 0.29) is 24.5 Å². The Morgan fingerprint density at radius 2 is 2.12 bits per heavy atom. The van der Waals surface area contributed by atoms with Crippen LogP contribution in [0, 0.1) is 0 Å². The Hall–Kier alpha value is -1.84. The molecule has 0 radical (unpaired) electrons. The van der Waals surface area contributed by atoms with Gasteiger partial charge in [-0.05, 0) is 12.5 Å². The van der Waals surface area contributed by atoms with E-state index < -0.39 is 0 Å². The summed E-state index contributed by atoms with van der Waals surface area (Å²) in [6, 6.07) is 9.75. The number of rotatable bonds is 4. The number of ether oxygens (including phenoxy) is 1. The van der Waals surface area contributed by atoms with Gasteiger partial charge in [-0.3, -0.25) is 9.59 Å². The summed E-state index contributed by atoms with van der Waals surface area (Å²) in [6.07, 6.45) is 0.476. The van der Waals surface area contributed by atoms with Crippen LogP contribution in [0.3, 0.4) is 0 Å². The van der Waals surface area contributed by atoms with Crippen molar-refractivity contribution in [2.45, 2.75) is 19.4 Å². The van der Waals surface area contributed by atoms with Gasteiger partial charge in [0.2, 0.25) is 5.91 Å². The summed E-state index contributed by atoms with van der Waals surface area (Å²) in [5, 5.41) is 0. The minimum atomic E-state index is -0.346. The molecule has 4 heteroatoms. The molecule has 0 bridgehead atoms. The van der Waals surface area contributed by atoms with E-state index in [0.29, 0.717) is 13.0 Å². The molecule has 1 aromatic carbocycles. The first-order valence-electron chi connectivity index (χ1n) is 5.72. The summed E-state index contributed by atoms with van der Waals surface area (Å²) in [7, 11) is 0. The molecule has 1 fully saturated rings. The van der Waals surface area contributed by atoms with Gasteiger partial charge in [-0.1, -0.05) is 30.3 Å². The van der Waals surface area contributed by atoms with E-state index in [4.69, 9.17) is 4.74 Å². The third-order valence-electron chi connectivity index (χ3n) is 2.85. The molecule has 0 aliphatic carbocycles. The van der Waals surface area contributed by atoms with Crippen LogP contribution in [0.15, 0.2) is 30.3 Å². The number of carbonyl (C=O) groups is 2. The zero-order valence-corrected chi connectivity index (χ0v) is 9.76. The average molecular weight is 233 g/mol. The summed E-state index contributed by atoms with van der Waals surface area (Å²) in [4.78, 5) is 24.4. The molecule has 0 spiro atoms. The fourth-order valence-corrected chi connectivity index (χ4v) is 1.97. The number of likely N-dealkylation sites (tertiary alicyclic amines) is 1. The Morgan fingerprint density at radius 1 is 1.41 bits per heavy atom. The van der Waals surface area contributed by atoms with Gasteiger partial charge in [0.15, 0.2) is 0 Å². The van der Waals surface area contributed by atoms with Crippen molar-refractivity contribution >= 4 is 11.9 Å². The van der Waals surface area contributed by atoms with Gasteiger partial charge in [-0.15, -0.1) is 0 Å². The van der Waals surface area contributed by atoms with Gasteiger partial charge in [0.25, 0.3) is 0 Å². The second-order valence-corrected chi connectivity index (χ2v) is 3.96. The number of esters is 1. The maximum Gasteiger partial charge on any atom is 0.325 e. The monoisotopic (exact) mass is 233 g/mol. The highest BCUT2D eigenvalue weighted by Crippen LogP contribution is 2.33. The number of hydrogen-bond donors (Lipinski definition) is 0. The van der Waals surface area contributed by atoms with E-state index in [0.717, 1.165) is 5.56 Å². The van der Waals surface area contributed by atoms with Crippen LogP contribution in [0.5, 0.6) is 0 Å². The predicted molar refractivity (Wildman–Crippen MR) is 62.1 cm³/mol. The zero-order valence-electron chi connectivity index (χ0n) is 9.76. The smallest absolute Gasteiger partial charge is 0.325 e. The van der Waals surface area contributed by atoms with Crippen molar-refractivity contribution in [3.05, 3.63) is 35.9 Å². The van der Waals surface area contributed by atoms with Crippen molar-refractivity contribution in [1.82, 2.24) is 4.90 Å². The highest BCUT2D eigenvalue weighted by Gasteiger charge is 2.38. The summed E-state index contributed by atoms with van der Waals surface area (Å²) in [5.74, 6) is -0.339. The molecule has 1 heterocycles. The van der Waals surface area contributed by atoms with E-state index >= 15 is 0 Å². The molecule has 90 valence electrons. The molecule has 0 N–H and O–H groups in total. The average Bonchev–Trinajstić information content (AvgIpc) is 2.34. The third-order valence-corrected chi connectivity index (χ3v) is 2.85. The lowest BCUT2D eigenvalue weighted by atomic mass is 9.94. The quantitative estimate of drug-likeness (QED) is 0.585. The molecule has 4 nitrogen and oxygen atoms in total. The number of amides is 1. The maximum absolute atomic E-state index is 11.5. The second-order valence-electron chi connectivity index (χ2n) is 3.96. The van der Waals surface area contributed by atoms with E-state index in [1.807, 2.05) is 30.3 Å². The van der Waals surface area contributed by atoms with Crippen LogP contribution in [-0.4, -0.2) is 29.9 Å². The van der Waals surface area contributed by atoms with Crippen molar-refractivity contribution in [3.8, 4) is 0 Å². The van der Waals surface area contributed by atoms with Gasteiger partial charge < -0.3 is 9.64 Å². The van der Waals surface area contributed by atoms with Gasteiger partial charge >= 0.3 is 5.97 Å².